The molecule has 3 amide bonds. The van der Waals surface area contributed by atoms with E-state index in [-0.39, 0.29) is 13.1 Å². The maximum atomic E-state index is 11.8. The van der Waals surface area contributed by atoms with Crippen LogP contribution in [0.3, 0.4) is 0 Å². The number of carbonyl (C=O) groups excluding carboxylic acids is 2. The van der Waals surface area contributed by atoms with E-state index in [1.165, 1.54) is 6.92 Å². The van der Waals surface area contributed by atoms with Crippen molar-refractivity contribution in [2.75, 3.05) is 13.1 Å². The Hall–Kier alpha value is -1.83. The molecule has 1 rings (SSSR count). The molecule has 0 radical (unpaired) electrons. The molecule has 3 atom stereocenters. The monoisotopic (exact) mass is 259 g/mol. The Morgan fingerprint density at radius 1 is 1.44 bits per heavy atom. The van der Waals surface area contributed by atoms with Crippen LogP contribution >= 0.6 is 0 Å². The molecule has 1 heterocycles. The number of primary amides is 1. The van der Waals surface area contributed by atoms with E-state index in [4.69, 9.17) is 10.8 Å². The van der Waals surface area contributed by atoms with Gasteiger partial charge in [-0.3, -0.25) is 9.59 Å². The fourth-order valence-corrected chi connectivity index (χ4v) is 1.85. The first-order valence-electron chi connectivity index (χ1n) is 5.58. The lowest BCUT2D eigenvalue weighted by atomic mass is 10.1. The Balaban J connectivity index is 2.56. The molecule has 8 nitrogen and oxygen atoms in total. The van der Waals surface area contributed by atoms with Crippen molar-refractivity contribution >= 4 is 17.9 Å². The Kier molecular flexibility index (Phi) is 4.49. The summed E-state index contributed by atoms with van der Waals surface area (Å²) in [7, 11) is 0. The van der Waals surface area contributed by atoms with Gasteiger partial charge in [-0.1, -0.05) is 0 Å². The zero-order chi connectivity index (χ0) is 13.9. The number of nitrogens with two attached hydrogens (primary N) is 1. The summed E-state index contributed by atoms with van der Waals surface area (Å²) in [4.78, 5) is 34.6. The number of likely N-dealkylation sites (tertiary alicyclic amines) is 1. The van der Waals surface area contributed by atoms with Crippen LogP contribution in [0.2, 0.25) is 0 Å². The van der Waals surface area contributed by atoms with Crippen LogP contribution in [0.15, 0.2) is 0 Å². The molecular formula is C10H17N3O5. The van der Waals surface area contributed by atoms with Crippen molar-refractivity contribution in [3.8, 4) is 0 Å². The standard InChI is InChI=1S/C10H17N3O5/c1-5(14)7(8(11)15)12-9(16)6-2-3-13(4-6)10(17)18/h5-7,14H,2-4H2,1H3,(H2,11,15)(H,12,16)(H,17,18)/t5-,6+,7+/m1/s1. The van der Waals surface area contributed by atoms with Crippen molar-refractivity contribution in [2.45, 2.75) is 25.5 Å². The second-order valence-corrected chi connectivity index (χ2v) is 4.34. The summed E-state index contributed by atoms with van der Waals surface area (Å²) < 4.78 is 0. The minimum absolute atomic E-state index is 0.0897. The van der Waals surface area contributed by atoms with Crippen LogP contribution in [-0.2, 0) is 9.59 Å². The van der Waals surface area contributed by atoms with Crippen LogP contribution in [0.25, 0.3) is 0 Å². The van der Waals surface area contributed by atoms with Crippen LogP contribution < -0.4 is 11.1 Å². The van der Waals surface area contributed by atoms with Crippen molar-refractivity contribution in [1.82, 2.24) is 10.2 Å². The van der Waals surface area contributed by atoms with Crippen LogP contribution in [0.5, 0.6) is 0 Å². The zero-order valence-electron chi connectivity index (χ0n) is 10.00. The molecule has 8 heteroatoms. The van der Waals surface area contributed by atoms with E-state index in [9.17, 15) is 19.5 Å². The van der Waals surface area contributed by atoms with E-state index in [0.717, 1.165) is 4.90 Å². The summed E-state index contributed by atoms with van der Waals surface area (Å²) >= 11 is 0. The fourth-order valence-electron chi connectivity index (χ4n) is 1.85. The molecule has 0 spiro atoms. The second-order valence-electron chi connectivity index (χ2n) is 4.34. The summed E-state index contributed by atoms with van der Waals surface area (Å²) in [5, 5.41) is 20.4. The number of nitrogens with zero attached hydrogens (tertiary/aromatic N) is 1. The maximum absolute atomic E-state index is 11.8. The predicted molar refractivity (Wildman–Crippen MR) is 60.5 cm³/mol. The van der Waals surface area contributed by atoms with Crippen LogP contribution in [0.1, 0.15) is 13.3 Å². The van der Waals surface area contributed by atoms with Gasteiger partial charge in [0.05, 0.1) is 12.0 Å². The minimum atomic E-state index is -1.16. The molecule has 1 aliphatic heterocycles. The van der Waals surface area contributed by atoms with Gasteiger partial charge in [-0.05, 0) is 13.3 Å². The van der Waals surface area contributed by atoms with Crippen molar-refractivity contribution in [2.24, 2.45) is 11.7 Å². The van der Waals surface area contributed by atoms with Gasteiger partial charge in [0.2, 0.25) is 11.8 Å². The van der Waals surface area contributed by atoms with Gasteiger partial charge in [-0.15, -0.1) is 0 Å². The molecule has 0 aromatic heterocycles. The molecule has 102 valence electrons. The lowest BCUT2D eigenvalue weighted by Gasteiger charge is -2.20. The van der Waals surface area contributed by atoms with Gasteiger partial charge in [-0.2, -0.15) is 0 Å². The lowest BCUT2D eigenvalue weighted by Crippen LogP contribution is -2.52. The highest BCUT2D eigenvalue weighted by Crippen LogP contribution is 2.16. The number of amides is 3. The van der Waals surface area contributed by atoms with Gasteiger partial charge in [0.15, 0.2) is 0 Å². The molecule has 0 aliphatic carbocycles. The first-order valence-corrected chi connectivity index (χ1v) is 5.58. The summed E-state index contributed by atoms with van der Waals surface area (Å²) in [6, 6.07) is -1.16. The van der Waals surface area contributed by atoms with E-state index in [0.29, 0.717) is 6.42 Å². The molecule has 1 aliphatic rings. The average Bonchev–Trinajstić information content (AvgIpc) is 2.73. The molecule has 0 aromatic rings. The highest BCUT2D eigenvalue weighted by atomic mass is 16.4. The first kappa shape index (κ1) is 14.2. The number of carbonyl (C=O) groups is 3. The topological polar surface area (TPSA) is 133 Å². The molecule has 0 unspecified atom stereocenters. The Morgan fingerprint density at radius 3 is 2.44 bits per heavy atom. The first-order chi connectivity index (χ1) is 8.32. The molecule has 1 saturated heterocycles. The molecule has 18 heavy (non-hydrogen) atoms. The molecule has 1 fully saturated rings. The fraction of sp³-hybridized carbons (Fsp3) is 0.700. The Bertz CT molecular complexity index is 357. The second kappa shape index (κ2) is 5.67. The summed E-state index contributed by atoms with van der Waals surface area (Å²) in [6.45, 7) is 1.71. The number of hydrogen-bond donors (Lipinski definition) is 4. The molecular weight excluding hydrogens is 242 g/mol. The van der Waals surface area contributed by atoms with E-state index < -0.39 is 36.0 Å². The molecule has 5 N–H and O–H groups in total. The van der Waals surface area contributed by atoms with Crippen molar-refractivity contribution in [3.05, 3.63) is 0 Å². The number of carboxylic acid groups (broad SMARTS) is 1. The number of hydrogen-bond acceptors (Lipinski definition) is 4. The summed E-state index contributed by atoms with van der Waals surface area (Å²) in [5.74, 6) is -1.81. The van der Waals surface area contributed by atoms with Gasteiger partial charge >= 0.3 is 6.09 Å². The number of aliphatic hydroxyl groups excluding tert-OH is 1. The third-order valence-electron chi connectivity index (χ3n) is 2.92. The predicted octanol–water partition coefficient (Wildman–Crippen LogP) is -1.66. The number of rotatable bonds is 4. The van der Waals surface area contributed by atoms with Crippen molar-refractivity contribution in [1.29, 1.82) is 0 Å². The van der Waals surface area contributed by atoms with Crippen LogP contribution in [0.4, 0.5) is 4.79 Å². The third kappa shape index (κ3) is 3.33. The van der Waals surface area contributed by atoms with Gasteiger partial charge in [0.1, 0.15) is 6.04 Å². The van der Waals surface area contributed by atoms with Crippen LogP contribution in [0, 0.1) is 5.92 Å². The maximum Gasteiger partial charge on any atom is 0.407 e. The number of aliphatic hydroxyl groups is 1. The van der Waals surface area contributed by atoms with Crippen molar-refractivity contribution in [3.63, 3.8) is 0 Å². The highest BCUT2D eigenvalue weighted by molar-refractivity contribution is 5.88. The van der Waals surface area contributed by atoms with Crippen molar-refractivity contribution < 1.29 is 24.6 Å². The lowest BCUT2D eigenvalue weighted by molar-refractivity contribution is -0.131. The largest absolute Gasteiger partial charge is 0.465 e. The normalized spacial score (nSPS) is 22.3. The number of nitrogens with one attached hydrogen (secondary N) is 1. The van der Waals surface area contributed by atoms with E-state index in [1.807, 2.05) is 0 Å². The Morgan fingerprint density at radius 2 is 2.06 bits per heavy atom. The smallest absolute Gasteiger partial charge is 0.407 e. The Labute approximate surface area is 104 Å². The van der Waals surface area contributed by atoms with Gasteiger partial charge < -0.3 is 26.2 Å². The highest BCUT2D eigenvalue weighted by Gasteiger charge is 2.33. The SMILES string of the molecule is C[C@@H](O)[C@H](NC(=O)[C@H]1CCN(C(=O)O)C1)C(N)=O. The summed E-state index contributed by atoms with van der Waals surface area (Å²) in [6.07, 6.45) is -1.78. The molecule has 0 bridgehead atoms. The van der Waals surface area contributed by atoms with E-state index >= 15 is 0 Å². The zero-order valence-corrected chi connectivity index (χ0v) is 10.00. The third-order valence-corrected chi connectivity index (χ3v) is 2.92. The van der Waals surface area contributed by atoms with Gasteiger partial charge in [-0.25, -0.2) is 4.79 Å². The average molecular weight is 259 g/mol. The van der Waals surface area contributed by atoms with Crippen LogP contribution in [-0.4, -0.2) is 58.3 Å². The van der Waals surface area contributed by atoms with Gasteiger partial charge in [0, 0.05) is 13.1 Å². The minimum Gasteiger partial charge on any atom is -0.465 e. The summed E-state index contributed by atoms with van der Waals surface area (Å²) in [5.41, 5.74) is 5.04. The molecule has 0 aromatic carbocycles. The van der Waals surface area contributed by atoms with Gasteiger partial charge in [0.25, 0.3) is 0 Å². The molecule has 0 saturated carbocycles. The quantitative estimate of drug-likeness (QED) is 0.479. The van der Waals surface area contributed by atoms with E-state index in [1.54, 1.807) is 0 Å². The van der Waals surface area contributed by atoms with E-state index in [2.05, 4.69) is 5.32 Å².